The number of hydrogen-bond donors (Lipinski definition) is 1. The van der Waals surface area contributed by atoms with Gasteiger partial charge < -0.3 is 10.1 Å². The van der Waals surface area contributed by atoms with Crippen LogP contribution < -0.4 is 10.1 Å². The molecule has 0 saturated heterocycles. The Balaban J connectivity index is 2.01. The lowest BCUT2D eigenvalue weighted by Gasteiger charge is -2.15. The zero-order valence-electron chi connectivity index (χ0n) is 13.2. The summed E-state index contributed by atoms with van der Waals surface area (Å²) in [5, 5.41) is 2.70. The summed E-state index contributed by atoms with van der Waals surface area (Å²) >= 11 is 0. The second-order valence-corrected chi connectivity index (χ2v) is 7.38. The quantitative estimate of drug-likeness (QED) is 0.913. The summed E-state index contributed by atoms with van der Waals surface area (Å²) in [5.41, 5.74) is 1.56. The van der Waals surface area contributed by atoms with Crippen molar-refractivity contribution >= 4 is 21.4 Å². The Morgan fingerprint density at radius 2 is 1.78 bits per heavy atom. The van der Waals surface area contributed by atoms with Gasteiger partial charge in [0.1, 0.15) is 5.75 Å². The summed E-state index contributed by atoms with van der Waals surface area (Å²) in [6.07, 6.45) is 0.463. The monoisotopic (exact) mass is 333 g/mol. The number of benzene rings is 2. The SMILES string of the molecule is Cc1cccc(OC(C)C(=O)Nc2ccc(S(C)(=O)=O)cc2)c1. The van der Waals surface area contributed by atoms with E-state index in [0.29, 0.717) is 11.4 Å². The third-order valence-electron chi connectivity index (χ3n) is 3.22. The molecule has 0 saturated carbocycles. The summed E-state index contributed by atoms with van der Waals surface area (Å²) in [5.74, 6) is 0.318. The van der Waals surface area contributed by atoms with Crippen LogP contribution in [-0.4, -0.2) is 26.7 Å². The minimum absolute atomic E-state index is 0.208. The second kappa shape index (κ2) is 6.83. The van der Waals surface area contributed by atoms with Crippen LogP contribution in [0.15, 0.2) is 53.4 Å². The number of rotatable bonds is 5. The summed E-state index contributed by atoms with van der Waals surface area (Å²) < 4.78 is 28.4. The largest absolute Gasteiger partial charge is 0.481 e. The van der Waals surface area contributed by atoms with Gasteiger partial charge in [0.2, 0.25) is 0 Å². The van der Waals surface area contributed by atoms with Gasteiger partial charge in [-0.15, -0.1) is 0 Å². The minimum Gasteiger partial charge on any atom is -0.481 e. The highest BCUT2D eigenvalue weighted by molar-refractivity contribution is 7.90. The average molecular weight is 333 g/mol. The van der Waals surface area contributed by atoms with E-state index in [9.17, 15) is 13.2 Å². The molecule has 0 spiro atoms. The molecule has 0 aliphatic carbocycles. The second-order valence-electron chi connectivity index (χ2n) is 5.36. The maximum Gasteiger partial charge on any atom is 0.265 e. The van der Waals surface area contributed by atoms with Gasteiger partial charge in [0, 0.05) is 11.9 Å². The molecule has 5 nitrogen and oxygen atoms in total. The highest BCUT2D eigenvalue weighted by atomic mass is 32.2. The van der Waals surface area contributed by atoms with E-state index in [1.165, 1.54) is 12.1 Å². The Morgan fingerprint density at radius 3 is 2.35 bits per heavy atom. The maximum absolute atomic E-state index is 12.1. The van der Waals surface area contributed by atoms with Crippen molar-refractivity contribution in [3.8, 4) is 5.75 Å². The van der Waals surface area contributed by atoms with E-state index in [0.717, 1.165) is 11.8 Å². The number of nitrogens with one attached hydrogen (secondary N) is 1. The first kappa shape index (κ1) is 17.0. The summed E-state index contributed by atoms with van der Waals surface area (Å²) in [6.45, 7) is 3.60. The van der Waals surface area contributed by atoms with Crippen LogP contribution in [0.5, 0.6) is 5.75 Å². The number of ether oxygens (including phenoxy) is 1. The molecule has 122 valence electrons. The van der Waals surface area contributed by atoms with E-state index >= 15 is 0 Å². The van der Waals surface area contributed by atoms with Crippen molar-refractivity contribution in [2.45, 2.75) is 24.8 Å². The molecule has 0 aromatic heterocycles. The van der Waals surface area contributed by atoms with Crippen LogP contribution in [0.3, 0.4) is 0 Å². The normalized spacial score (nSPS) is 12.5. The predicted octanol–water partition coefficient (Wildman–Crippen LogP) is 2.80. The van der Waals surface area contributed by atoms with Gasteiger partial charge in [-0.1, -0.05) is 12.1 Å². The van der Waals surface area contributed by atoms with Crippen LogP contribution in [-0.2, 0) is 14.6 Å². The van der Waals surface area contributed by atoms with Crippen LogP contribution in [0.4, 0.5) is 5.69 Å². The van der Waals surface area contributed by atoms with Crippen LogP contribution in [0.1, 0.15) is 12.5 Å². The Kier molecular flexibility index (Phi) is 5.05. The van der Waals surface area contributed by atoms with Gasteiger partial charge in [0.25, 0.3) is 5.91 Å². The van der Waals surface area contributed by atoms with Crippen LogP contribution in [0.2, 0.25) is 0 Å². The molecule has 0 aliphatic heterocycles. The zero-order valence-corrected chi connectivity index (χ0v) is 14.1. The molecule has 6 heteroatoms. The molecule has 23 heavy (non-hydrogen) atoms. The Morgan fingerprint density at radius 1 is 1.13 bits per heavy atom. The lowest BCUT2D eigenvalue weighted by Crippen LogP contribution is -2.30. The first-order valence-corrected chi connectivity index (χ1v) is 8.99. The Bertz CT molecular complexity index is 798. The van der Waals surface area contributed by atoms with Crippen LogP contribution in [0, 0.1) is 6.92 Å². The smallest absolute Gasteiger partial charge is 0.265 e. The van der Waals surface area contributed by atoms with E-state index in [2.05, 4.69) is 5.32 Å². The number of amides is 1. The van der Waals surface area contributed by atoms with Crippen molar-refractivity contribution in [2.24, 2.45) is 0 Å². The molecule has 2 aromatic rings. The molecule has 1 unspecified atom stereocenters. The average Bonchev–Trinajstić information content (AvgIpc) is 2.46. The van der Waals surface area contributed by atoms with Crippen molar-refractivity contribution in [1.29, 1.82) is 0 Å². The van der Waals surface area contributed by atoms with Gasteiger partial charge >= 0.3 is 0 Å². The van der Waals surface area contributed by atoms with E-state index in [4.69, 9.17) is 4.74 Å². The number of anilines is 1. The van der Waals surface area contributed by atoms with E-state index in [1.807, 2.05) is 25.1 Å². The highest BCUT2D eigenvalue weighted by Crippen LogP contribution is 2.16. The fraction of sp³-hybridized carbons (Fsp3) is 0.235. The highest BCUT2D eigenvalue weighted by Gasteiger charge is 2.15. The Hall–Kier alpha value is -2.34. The molecule has 0 fully saturated rings. The van der Waals surface area contributed by atoms with Gasteiger partial charge in [-0.25, -0.2) is 8.42 Å². The van der Waals surface area contributed by atoms with E-state index in [-0.39, 0.29) is 10.8 Å². The molecule has 0 aliphatic rings. The van der Waals surface area contributed by atoms with E-state index < -0.39 is 15.9 Å². The lowest BCUT2D eigenvalue weighted by atomic mass is 10.2. The number of sulfone groups is 1. The fourth-order valence-electron chi connectivity index (χ4n) is 1.98. The molecule has 2 aromatic carbocycles. The van der Waals surface area contributed by atoms with Gasteiger partial charge in [0.15, 0.2) is 15.9 Å². The van der Waals surface area contributed by atoms with Crippen molar-refractivity contribution in [1.82, 2.24) is 0 Å². The molecular formula is C17H19NO4S. The number of hydrogen-bond acceptors (Lipinski definition) is 4. The molecule has 0 radical (unpaired) electrons. The summed E-state index contributed by atoms with van der Waals surface area (Å²) in [6, 6.07) is 13.5. The molecule has 0 bridgehead atoms. The lowest BCUT2D eigenvalue weighted by molar-refractivity contribution is -0.122. The standard InChI is InChI=1S/C17H19NO4S/c1-12-5-4-6-15(11-12)22-13(2)17(19)18-14-7-9-16(10-8-14)23(3,20)21/h4-11,13H,1-3H3,(H,18,19). The first-order valence-electron chi connectivity index (χ1n) is 7.10. The van der Waals surface area contributed by atoms with Crippen molar-refractivity contribution < 1.29 is 17.9 Å². The topological polar surface area (TPSA) is 72.5 Å². The maximum atomic E-state index is 12.1. The van der Waals surface area contributed by atoms with Gasteiger partial charge in [-0.2, -0.15) is 0 Å². The Labute approximate surface area is 136 Å². The summed E-state index contributed by atoms with van der Waals surface area (Å²) in [7, 11) is -3.25. The van der Waals surface area contributed by atoms with Crippen LogP contribution >= 0.6 is 0 Å². The first-order chi connectivity index (χ1) is 10.8. The van der Waals surface area contributed by atoms with Crippen molar-refractivity contribution in [3.05, 3.63) is 54.1 Å². The number of carbonyl (C=O) groups is 1. The number of aryl methyl sites for hydroxylation is 1. The third kappa shape index (κ3) is 4.82. The molecule has 0 heterocycles. The van der Waals surface area contributed by atoms with Crippen molar-refractivity contribution in [2.75, 3.05) is 11.6 Å². The van der Waals surface area contributed by atoms with Crippen molar-refractivity contribution in [3.63, 3.8) is 0 Å². The molecule has 2 rings (SSSR count). The van der Waals surface area contributed by atoms with Crippen LogP contribution in [0.25, 0.3) is 0 Å². The third-order valence-corrected chi connectivity index (χ3v) is 4.35. The van der Waals surface area contributed by atoms with E-state index in [1.54, 1.807) is 25.1 Å². The molecular weight excluding hydrogens is 314 g/mol. The zero-order chi connectivity index (χ0) is 17.0. The minimum atomic E-state index is -3.25. The van der Waals surface area contributed by atoms with Gasteiger partial charge in [-0.05, 0) is 55.8 Å². The molecule has 1 atom stereocenters. The fourth-order valence-corrected chi connectivity index (χ4v) is 2.61. The molecule has 1 amide bonds. The molecule has 1 N–H and O–H groups in total. The van der Waals surface area contributed by atoms with Gasteiger partial charge in [0.05, 0.1) is 4.90 Å². The summed E-state index contributed by atoms with van der Waals surface area (Å²) in [4.78, 5) is 12.3. The van der Waals surface area contributed by atoms with Gasteiger partial charge in [-0.3, -0.25) is 4.79 Å². The predicted molar refractivity (Wildman–Crippen MR) is 89.5 cm³/mol. The number of carbonyl (C=O) groups excluding carboxylic acids is 1.